The van der Waals surface area contributed by atoms with E-state index in [1.54, 1.807) is 5.32 Å². The zero-order valence-corrected chi connectivity index (χ0v) is 10.5. The Morgan fingerprint density at radius 3 is 2.39 bits per heavy atom. The van der Waals surface area contributed by atoms with Gasteiger partial charge in [0.1, 0.15) is 12.5 Å². The van der Waals surface area contributed by atoms with Gasteiger partial charge in [-0.05, 0) is 5.41 Å². The maximum Gasteiger partial charge on any atom is 0.405 e. The van der Waals surface area contributed by atoms with Crippen LogP contribution < -0.4 is 10.6 Å². The van der Waals surface area contributed by atoms with Gasteiger partial charge in [-0.1, -0.05) is 20.8 Å². The lowest BCUT2D eigenvalue weighted by Crippen LogP contribution is -2.44. The second-order valence-electron chi connectivity index (χ2n) is 5.53. The minimum atomic E-state index is -4.47. The zero-order chi connectivity index (χ0) is 14.1. The predicted octanol–water partition coefficient (Wildman–Crippen LogP) is 1.07. The third-order valence-electron chi connectivity index (χ3n) is 3.04. The van der Waals surface area contributed by atoms with E-state index in [2.05, 4.69) is 5.32 Å². The quantitative estimate of drug-likeness (QED) is 0.735. The number of halogens is 3. The van der Waals surface area contributed by atoms with Gasteiger partial charge in [0, 0.05) is 12.5 Å². The number of rotatable bonds is 2. The minimum Gasteiger partial charge on any atom is -0.355 e. The van der Waals surface area contributed by atoms with Crippen LogP contribution in [0.1, 0.15) is 20.8 Å². The summed E-state index contributed by atoms with van der Waals surface area (Å²) < 4.78 is 36.0. The molecule has 7 heteroatoms. The van der Waals surface area contributed by atoms with Crippen molar-refractivity contribution in [2.24, 2.45) is 17.3 Å². The highest BCUT2D eigenvalue weighted by atomic mass is 19.4. The Bertz CT molecular complexity index is 347. The first kappa shape index (κ1) is 14.8. The van der Waals surface area contributed by atoms with Gasteiger partial charge in [0.15, 0.2) is 0 Å². The van der Waals surface area contributed by atoms with Crippen LogP contribution in [0.5, 0.6) is 0 Å². The van der Waals surface area contributed by atoms with Crippen molar-refractivity contribution in [2.75, 3.05) is 13.1 Å². The molecule has 104 valence electrons. The van der Waals surface area contributed by atoms with E-state index in [0.29, 0.717) is 6.54 Å². The van der Waals surface area contributed by atoms with Crippen molar-refractivity contribution in [1.29, 1.82) is 0 Å². The van der Waals surface area contributed by atoms with Crippen molar-refractivity contribution in [3.8, 4) is 0 Å². The highest BCUT2D eigenvalue weighted by Crippen LogP contribution is 2.35. The molecule has 0 aromatic carbocycles. The smallest absolute Gasteiger partial charge is 0.355 e. The summed E-state index contributed by atoms with van der Waals surface area (Å²) in [6.45, 7) is 4.45. The molecule has 1 aliphatic rings. The van der Waals surface area contributed by atoms with Gasteiger partial charge in [-0.3, -0.25) is 9.59 Å². The largest absolute Gasteiger partial charge is 0.405 e. The lowest BCUT2D eigenvalue weighted by Gasteiger charge is -2.29. The average molecular weight is 266 g/mol. The monoisotopic (exact) mass is 266 g/mol. The number of carbonyl (C=O) groups is 2. The summed E-state index contributed by atoms with van der Waals surface area (Å²) in [6, 6.07) is 0. The fourth-order valence-electron chi connectivity index (χ4n) is 2.03. The molecule has 1 fully saturated rings. The maximum atomic E-state index is 12.0. The van der Waals surface area contributed by atoms with Crippen molar-refractivity contribution in [3.63, 3.8) is 0 Å². The van der Waals surface area contributed by atoms with Gasteiger partial charge in [-0.15, -0.1) is 0 Å². The molecule has 0 aromatic rings. The van der Waals surface area contributed by atoms with E-state index >= 15 is 0 Å². The van der Waals surface area contributed by atoms with Crippen molar-refractivity contribution >= 4 is 11.8 Å². The molecule has 0 bridgehead atoms. The Morgan fingerprint density at radius 2 is 1.94 bits per heavy atom. The molecule has 0 saturated carbocycles. The number of alkyl halides is 3. The molecule has 4 nitrogen and oxygen atoms in total. The van der Waals surface area contributed by atoms with Crippen LogP contribution in [0.25, 0.3) is 0 Å². The molecule has 1 heterocycles. The molecule has 2 N–H and O–H groups in total. The van der Waals surface area contributed by atoms with Gasteiger partial charge in [0.2, 0.25) is 11.8 Å². The van der Waals surface area contributed by atoms with Crippen LogP contribution in [0.15, 0.2) is 0 Å². The Labute approximate surface area is 103 Å². The highest BCUT2D eigenvalue weighted by molar-refractivity contribution is 6.02. The van der Waals surface area contributed by atoms with E-state index in [1.165, 1.54) is 0 Å². The summed E-state index contributed by atoms with van der Waals surface area (Å²) in [5.74, 6) is -2.72. The van der Waals surface area contributed by atoms with Crippen molar-refractivity contribution in [3.05, 3.63) is 0 Å². The first-order valence-electron chi connectivity index (χ1n) is 5.64. The zero-order valence-electron chi connectivity index (χ0n) is 10.5. The maximum absolute atomic E-state index is 12.0. The summed E-state index contributed by atoms with van der Waals surface area (Å²) in [4.78, 5) is 23.2. The average Bonchev–Trinajstić information content (AvgIpc) is 2.55. The Balaban J connectivity index is 2.73. The van der Waals surface area contributed by atoms with Gasteiger partial charge < -0.3 is 10.6 Å². The summed E-state index contributed by atoms with van der Waals surface area (Å²) in [5.41, 5.74) is -0.334. The topological polar surface area (TPSA) is 58.2 Å². The second kappa shape index (κ2) is 4.78. The molecular weight excluding hydrogens is 249 g/mol. The molecule has 1 aliphatic heterocycles. The van der Waals surface area contributed by atoms with Gasteiger partial charge in [-0.25, -0.2) is 0 Å². The van der Waals surface area contributed by atoms with Gasteiger partial charge >= 0.3 is 6.18 Å². The Morgan fingerprint density at radius 1 is 1.39 bits per heavy atom. The normalized spacial score (nSPS) is 24.9. The van der Waals surface area contributed by atoms with E-state index < -0.39 is 30.5 Å². The molecule has 0 unspecified atom stereocenters. The van der Waals surface area contributed by atoms with Gasteiger partial charge in [0.05, 0.1) is 0 Å². The summed E-state index contributed by atoms with van der Waals surface area (Å²) >= 11 is 0. The van der Waals surface area contributed by atoms with Gasteiger partial charge in [-0.2, -0.15) is 13.2 Å². The first-order valence-corrected chi connectivity index (χ1v) is 5.64. The van der Waals surface area contributed by atoms with Gasteiger partial charge in [0.25, 0.3) is 0 Å². The Hall–Kier alpha value is -1.27. The van der Waals surface area contributed by atoms with Crippen molar-refractivity contribution in [1.82, 2.24) is 10.6 Å². The summed E-state index contributed by atoms with van der Waals surface area (Å²) in [7, 11) is 0. The second-order valence-corrected chi connectivity index (χ2v) is 5.53. The number of carbonyl (C=O) groups excluding carboxylic acids is 2. The molecule has 0 spiro atoms. The molecule has 2 amide bonds. The van der Waals surface area contributed by atoms with E-state index in [9.17, 15) is 22.8 Å². The van der Waals surface area contributed by atoms with E-state index in [0.717, 1.165) is 0 Å². The fourth-order valence-corrected chi connectivity index (χ4v) is 2.03. The molecule has 0 aromatic heterocycles. The predicted molar refractivity (Wildman–Crippen MR) is 58.5 cm³/mol. The van der Waals surface area contributed by atoms with Crippen LogP contribution in [0.4, 0.5) is 13.2 Å². The molecule has 18 heavy (non-hydrogen) atoms. The Kier molecular flexibility index (Phi) is 3.92. The number of hydrogen-bond donors (Lipinski definition) is 2. The molecule has 1 saturated heterocycles. The summed E-state index contributed by atoms with van der Waals surface area (Å²) in [5, 5.41) is 4.30. The summed E-state index contributed by atoms with van der Waals surface area (Å²) in [6.07, 6.45) is -4.47. The van der Waals surface area contributed by atoms with Crippen LogP contribution in [0, 0.1) is 17.3 Å². The minimum absolute atomic E-state index is 0.307. The lowest BCUT2D eigenvalue weighted by atomic mass is 9.74. The number of hydrogen-bond acceptors (Lipinski definition) is 2. The lowest BCUT2D eigenvalue weighted by molar-refractivity contribution is -0.145. The van der Waals surface area contributed by atoms with Crippen LogP contribution >= 0.6 is 0 Å². The van der Waals surface area contributed by atoms with Crippen molar-refractivity contribution in [2.45, 2.75) is 26.9 Å². The first-order chi connectivity index (χ1) is 8.02. The van der Waals surface area contributed by atoms with Crippen LogP contribution in [0.3, 0.4) is 0 Å². The molecule has 0 aliphatic carbocycles. The fraction of sp³-hybridized carbons (Fsp3) is 0.818. The number of amides is 2. The molecular formula is C11H17F3N2O2. The third kappa shape index (κ3) is 3.61. The third-order valence-corrected chi connectivity index (χ3v) is 3.04. The van der Waals surface area contributed by atoms with E-state index in [1.807, 2.05) is 20.8 Å². The highest BCUT2D eigenvalue weighted by Gasteiger charge is 2.46. The molecule has 1 rings (SSSR count). The molecule has 0 radical (unpaired) electrons. The van der Waals surface area contributed by atoms with E-state index in [4.69, 9.17) is 0 Å². The standard InChI is InChI=1S/C11H17F3N2O2/c1-10(2,3)6-4-15-8(17)7(6)9(18)16-5-11(12,13)14/h6-7H,4-5H2,1-3H3,(H,15,17)(H,16,18)/t6-,7+/m1/s1. The van der Waals surface area contributed by atoms with Crippen LogP contribution in [-0.2, 0) is 9.59 Å². The number of nitrogens with one attached hydrogen (secondary N) is 2. The van der Waals surface area contributed by atoms with Crippen molar-refractivity contribution < 1.29 is 22.8 Å². The van der Waals surface area contributed by atoms with Crippen LogP contribution in [0.2, 0.25) is 0 Å². The SMILES string of the molecule is CC(C)(C)[C@@H]1CNC(=O)[C@H]1C(=O)NCC(F)(F)F. The van der Waals surface area contributed by atoms with Crippen LogP contribution in [-0.4, -0.2) is 31.1 Å². The van der Waals surface area contributed by atoms with E-state index in [-0.39, 0.29) is 11.3 Å². The molecule has 2 atom stereocenters.